The second kappa shape index (κ2) is 9.87. The molecule has 2 atom stereocenters. The maximum atomic E-state index is 13.8. The maximum Gasteiger partial charge on any atom is 0.290 e. The zero-order chi connectivity index (χ0) is 25.4. The second-order valence-electron chi connectivity index (χ2n) is 8.73. The molecule has 1 saturated heterocycles. The van der Waals surface area contributed by atoms with Gasteiger partial charge in [-0.3, -0.25) is 9.59 Å². The number of fused-ring (bicyclic) bond motifs is 1. The number of furan rings is 1. The zero-order valence-electron chi connectivity index (χ0n) is 20.0. The van der Waals surface area contributed by atoms with Crippen molar-refractivity contribution in [3.8, 4) is 11.5 Å². The molecule has 2 unspecified atom stereocenters. The van der Waals surface area contributed by atoms with E-state index >= 15 is 0 Å². The van der Waals surface area contributed by atoms with Gasteiger partial charge >= 0.3 is 0 Å². The number of benzene rings is 2. The Balaban J connectivity index is 1.59. The number of methoxy groups -OCH3 is 1. The van der Waals surface area contributed by atoms with Gasteiger partial charge in [0.2, 0.25) is 5.78 Å². The molecule has 8 nitrogen and oxygen atoms in total. The normalized spacial score (nSPS) is 20.0. The maximum absolute atomic E-state index is 13.8. The molecule has 3 heterocycles. The van der Waals surface area contributed by atoms with Crippen LogP contribution in [0.25, 0.3) is 11.0 Å². The van der Waals surface area contributed by atoms with Crippen molar-refractivity contribution in [1.82, 2.24) is 4.90 Å². The van der Waals surface area contributed by atoms with Gasteiger partial charge in [-0.2, -0.15) is 0 Å². The smallest absolute Gasteiger partial charge is 0.290 e. The topological polar surface area (TPSA) is 98.4 Å². The van der Waals surface area contributed by atoms with Crippen LogP contribution in [0.5, 0.6) is 11.5 Å². The van der Waals surface area contributed by atoms with Crippen LogP contribution >= 0.6 is 11.6 Å². The molecular formula is C27H26ClNO7. The van der Waals surface area contributed by atoms with E-state index in [-0.39, 0.29) is 24.0 Å². The van der Waals surface area contributed by atoms with Gasteiger partial charge in [-0.15, -0.1) is 0 Å². The van der Waals surface area contributed by atoms with Crippen molar-refractivity contribution in [2.24, 2.45) is 0 Å². The summed E-state index contributed by atoms with van der Waals surface area (Å²) in [5.74, 6) is -0.895. The van der Waals surface area contributed by atoms with E-state index in [2.05, 4.69) is 0 Å². The largest absolute Gasteiger partial charge is 0.503 e. The Bertz CT molecular complexity index is 1360. The van der Waals surface area contributed by atoms with Crippen molar-refractivity contribution in [1.29, 1.82) is 0 Å². The highest BCUT2D eigenvalue weighted by Gasteiger charge is 2.45. The zero-order valence-corrected chi connectivity index (χ0v) is 20.7. The summed E-state index contributed by atoms with van der Waals surface area (Å²) in [7, 11) is 1.48. The fraction of sp³-hybridized carbons (Fsp3) is 0.333. The number of amides is 1. The minimum atomic E-state index is -0.840. The van der Waals surface area contributed by atoms with Gasteiger partial charge in [-0.1, -0.05) is 23.7 Å². The van der Waals surface area contributed by atoms with Gasteiger partial charge in [-0.05, 0) is 49.6 Å². The number of hydrogen-bond donors (Lipinski definition) is 1. The van der Waals surface area contributed by atoms with Crippen molar-refractivity contribution >= 4 is 34.3 Å². The van der Waals surface area contributed by atoms with Gasteiger partial charge in [0.1, 0.15) is 5.75 Å². The highest BCUT2D eigenvalue weighted by atomic mass is 35.5. The first-order valence-electron chi connectivity index (χ1n) is 11.8. The summed E-state index contributed by atoms with van der Waals surface area (Å²) in [5.41, 5.74) is 0.924. The Morgan fingerprint density at radius 2 is 2.08 bits per heavy atom. The quantitative estimate of drug-likeness (QED) is 0.412. The summed E-state index contributed by atoms with van der Waals surface area (Å²) in [6, 6.07) is 11.1. The molecule has 1 amide bonds. The van der Waals surface area contributed by atoms with Crippen molar-refractivity contribution in [2.75, 3.05) is 26.9 Å². The van der Waals surface area contributed by atoms with Gasteiger partial charge in [0.25, 0.3) is 5.91 Å². The summed E-state index contributed by atoms with van der Waals surface area (Å²) in [6.45, 7) is 3.19. The highest BCUT2D eigenvalue weighted by molar-refractivity contribution is 6.31. The van der Waals surface area contributed by atoms with E-state index in [1.54, 1.807) is 36.4 Å². The second-order valence-corrected chi connectivity index (χ2v) is 9.17. The summed E-state index contributed by atoms with van der Waals surface area (Å²) in [5, 5.41) is 12.0. The lowest BCUT2D eigenvalue weighted by Gasteiger charge is -2.29. The SMILES string of the molecule is CCOc1cccc(C2C(C(=O)c3cc4cc(Cl)cc(OC)c4o3)=C(O)C(=O)N2CC2CCCO2)c1. The van der Waals surface area contributed by atoms with Crippen LogP contribution in [0.3, 0.4) is 0 Å². The predicted octanol–water partition coefficient (Wildman–Crippen LogP) is 5.25. The summed E-state index contributed by atoms with van der Waals surface area (Å²) < 4.78 is 22.6. The Morgan fingerprint density at radius 3 is 2.81 bits per heavy atom. The summed E-state index contributed by atoms with van der Waals surface area (Å²) >= 11 is 6.17. The first-order valence-corrected chi connectivity index (χ1v) is 12.2. The molecule has 0 radical (unpaired) electrons. The number of hydrogen-bond acceptors (Lipinski definition) is 7. The van der Waals surface area contributed by atoms with Crippen molar-refractivity contribution in [3.05, 3.63) is 70.1 Å². The molecule has 3 aromatic rings. The molecule has 1 aromatic heterocycles. The third-order valence-corrected chi connectivity index (χ3v) is 6.67. The first-order chi connectivity index (χ1) is 17.4. The number of carbonyl (C=O) groups is 2. The van der Waals surface area contributed by atoms with Crippen molar-refractivity contribution in [3.63, 3.8) is 0 Å². The molecule has 1 fully saturated rings. The number of ketones is 1. The first kappa shape index (κ1) is 24.2. The fourth-order valence-corrected chi connectivity index (χ4v) is 5.07. The van der Waals surface area contributed by atoms with E-state index in [4.69, 9.17) is 30.2 Å². The van der Waals surface area contributed by atoms with E-state index in [0.717, 1.165) is 12.8 Å². The Hall–Kier alpha value is -3.49. The van der Waals surface area contributed by atoms with Gasteiger partial charge in [0, 0.05) is 29.6 Å². The molecule has 2 aromatic carbocycles. The highest BCUT2D eigenvalue weighted by Crippen LogP contribution is 2.42. The Labute approximate surface area is 213 Å². The molecule has 2 aliphatic heterocycles. The van der Waals surface area contributed by atoms with E-state index in [1.807, 2.05) is 6.92 Å². The number of nitrogens with zero attached hydrogens (tertiary/aromatic N) is 1. The lowest BCUT2D eigenvalue weighted by molar-refractivity contribution is -0.131. The molecule has 36 heavy (non-hydrogen) atoms. The Morgan fingerprint density at radius 1 is 1.25 bits per heavy atom. The van der Waals surface area contributed by atoms with E-state index in [0.29, 0.717) is 46.3 Å². The number of Topliss-reactive ketones (excluding diaryl/α,β-unsaturated/α-hetero) is 1. The molecule has 5 rings (SSSR count). The Kier molecular flexibility index (Phi) is 6.64. The van der Waals surface area contributed by atoms with Gasteiger partial charge in [0.15, 0.2) is 22.9 Å². The number of aliphatic hydroxyl groups is 1. The summed E-state index contributed by atoms with van der Waals surface area (Å²) in [4.78, 5) is 28.6. The third kappa shape index (κ3) is 4.31. The number of ether oxygens (including phenoxy) is 3. The summed E-state index contributed by atoms with van der Waals surface area (Å²) in [6.07, 6.45) is 1.52. The number of halogens is 1. The standard InChI is InChI=1S/C27H26ClNO7/c1-3-34-18-7-4-6-15(11-18)23-22(25(31)27(32)29(23)14-19-8-5-9-35-19)24(30)20-12-16-10-17(28)13-21(33-2)26(16)36-20/h4,6-7,10-13,19,23,31H,3,5,8-9,14H2,1-2H3. The molecule has 9 heteroatoms. The van der Waals surface area contributed by atoms with E-state index in [9.17, 15) is 14.7 Å². The molecule has 0 bridgehead atoms. The van der Waals surface area contributed by atoms with Crippen LogP contribution in [0.1, 0.15) is 41.9 Å². The average Bonchev–Trinajstić information content (AvgIpc) is 3.59. The number of aliphatic hydroxyl groups excluding tert-OH is 1. The van der Waals surface area contributed by atoms with Crippen molar-refractivity contribution < 1.29 is 33.3 Å². The van der Waals surface area contributed by atoms with E-state index in [1.165, 1.54) is 18.1 Å². The minimum absolute atomic E-state index is 0.0372. The number of carbonyl (C=O) groups excluding carboxylic acids is 2. The minimum Gasteiger partial charge on any atom is -0.503 e. The molecule has 0 saturated carbocycles. The van der Waals surface area contributed by atoms with Crippen LogP contribution in [-0.4, -0.2) is 54.7 Å². The van der Waals surface area contributed by atoms with Crippen molar-refractivity contribution in [2.45, 2.75) is 31.9 Å². The van der Waals surface area contributed by atoms with Gasteiger partial charge in [-0.25, -0.2) is 0 Å². The van der Waals surface area contributed by atoms with Crippen LogP contribution in [0.4, 0.5) is 0 Å². The van der Waals surface area contributed by atoms with E-state index < -0.39 is 23.5 Å². The van der Waals surface area contributed by atoms with Gasteiger partial charge < -0.3 is 28.6 Å². The molecule has 2 aliphatic rings. The fourth-order valence-electron chi connectivity index (χ4n) is 4.85. The van der Waals surface area contributed by atoms with Crippen LogP contribution in [0.15, 0.2) is 58.2 Å². The van der Waals surface area contributed by atoms with Crippen LogP contribution in [0.2, 0.25) is 5.02 Å². The lowest BCUT2D eigenvalue weighted by Crippen LogP contribution is -2.37. The molecular weight excluding hydrogens is 486 g/mol. The average molecular weight is 512 g/mol. The monoisotopic (exact) mass is 511 g/mol. The third-order valence-electron chi connectivity index (χ3n) is 6.45. The predicted molar refractivity (Wildman–Crippen MR) is 133 cm³/mol. The molecule has 0 aliphatic carbocycles. The van der Waals surface area contributed by atoms with Crippen LogP contribution in [0, 0.1) is 0 Å². The molecule has 188 valence electrons. The lowest BCUT2D eigenvalue weighted by atomic mass is 9.94. The molecule has 0 spiro atoms. The van der Waals surface area contributed by atoms with Crippen LogP contribution in [-0.2, 0) is 9.53 Å². The number of rotatable bonds is 8. The molecule has 1 N–H and O–H groups in total. The van der Waals surface area contributed by atoms with Crippen LogP contribution < -0.4 is 9.47 Å². The van der Waals surface area contributed by atoms with Gasteiger partial charge in [0.05, 0.1) is 31.4 Å².